The van der Waals surface area contributed by atoms with E-state index in [1.54, 1.807) is 29.3 Å². The molecule has 1 saturated carbocycles. The number of anilines is 1. The van der Waals surface area contributed by atoms with E-state index in [9.17, 15) is 9.59 Å². The van der Waals surface area contributed by atoms with Crippen LogP contribution in [0.4, 0.5) is 5.82 Å². The fourth-order valence-electron chi connectivity index (χ4n) is 3.67. The molecule has 1 fully saturated rings. The lowest BCUT2D eigenvalue weighted by Gasteiger charge is -2.35. The first kappa shape index (κ1) is 19.1. The maximum absolute atomic E-state index is 12.5. The predicted octanol–water partition coefficient (Wildman–Crippen LogP) is 3.69. The van der Waals surface area contributed by atoms with Crippen molar-refractivity contribution in [3.05, 3.63) is 54.3 Å². The van der Waals surface area contributed by atoms with Crippen molar-refractivity contribution in [1.82, 2.24) is 9.88 Å². The number of pyridine rings is 1. The van der Waals surface area contributed by atoms with Gasteiger partial charge in [-0.1, -0.05) is 38.2 Å². The molecule has 1 aromatic rings. The Balaban J connectivity index is 1.71. The zero-order valence-corrected chi connectivity index (χ0v) is 16.2. The average Bonchev–Trinajstić information content (AvgIpc) is 2.93. The summed E-state index contributed by atoms with van der Waals surface area (Å²) < 4.78 is 0. The molecule has 2 heterocycles. The van der Waals surface area contributed by atoms with E-state index >= 15 is 0 Å². The minimum Gasteiger partial charge on any atom is -0.339 e. The van der Waals surface area contributed by atoms with E-state index in [4.69, 9.17) is 0 Å². The lowest BCUT2D eigenvalue weighted by atomic mass is 9.65. The summed E-state index contributed by atoms with van der Waals surface area (Å²) in [4.78, 5) is 30.9. The smallest absolute Gasteiger partial charge is 0.246 e. The molecule has 2 aliphatic rings. The van der Waals surface area contributed by atoms with Gasteiger partial charge in [0.25, 0.3) is 0 Å². The Hall–Kier alpha value is -2.69. The SMILES string of the molecule is C=C/C=C\C(C)[C@H](C)N(C)C(=O)/C=C/c1cnc2c(c1)C1(CCC1)C(=O)N2. The minimum atomic E-state index is -0.394. The van der Waals surface area contributed by atoms with Crippen LogP contribution in [0, 0.1) is 5.92 Å². The summed E-state index contributed by atoms with van der Waals surface area (Å²) in [6.07, 6.45) is 13.5. The number of carbonyl (C=O) groups is 2. The number of likely N-dealkylation sites (N-methyl/N-ethyl adjacent to an activating group) is 1. The normalized spacial score (nSPS) is 19.6. The van der Waals surface area contributed by atoms with Crippen LogP contribution in [-0.4, -0.2) is 34.8 Å². The Labute approximate surface area is 160 Å². The minimum absolute atomic E-state index is 0.0589. The number of amides is 2. The molecule has 0 aromatic carbocycles. The second-order valence-electron chi connectivity index (χ2n) is 7.56. The first-order valence-electron chi connectivity index (χ1n) is 9.45. The zero-order valence-electron chi connectivity index (χ0n) is 16.2. The Kier molecular flexibility index (Phi) is 5.31. The van der Waals surface area contributed by atoms with Crippen molar-refractivity contribution in [3.63, 3.8) is 0 Å². The van der Waals surface area contributed by atoms with E-state index in [-0.39, 0.29) is 23.8 Å². The van der Waals surface area contributed by atoms with E-state index in [1.807, 2.05) is 32.2 Å². The summed E-state index contributed by atoms with van der Waals surface area (Å²) in [7, 11) is 1.81. The van der Waals surface area contributed by atoms with Crippen LogP contribution in [0.5, 0.6) is 0 Å². The summed E-state index contributed by atoms with van der Waals surface area (Å²) in [6.45, 7) is 7.78. The van der Waals surface area contributed by atoms with Crippen molar-refractivity contribution in [2.24, 2.45) is 5.92 Å². The van der Waals surface area contributed by atoms with Crippen molar-refractivity contribution >= 4 is 23.7 Å². The number of rotatable bonds is 6. The van der Waals surface area contributed by atoms with Crippen LogP contribution in [0.25, 0.3) is 6.08 Å². The number of aromatic nitrogens is 1. The molecule has 5 heteroatoms. The molecule has 1 aliphatic heterocycles. The largest absolute Gasteiger partial charge is 0.339 e. The van der Waals surface area contributed by atoms with Crippen LogP contribution in [0.2, 0.25) is 0 Å². The molecule has 27 heavy (non-hydrogen) atoms. The lowest BCUT2D eigenvalue weighted by Crippen LogP contribution is -2.40. The highest BCUT2D eigenvalue weighted by atomic mass is 16.2. The third kappa shape index (κ3) is 3.46. The van der Waals surface area contributed by atoms with Crippen LogP contribution in [0.1, 0.15) is 44.2 Å². The van der Waals surface area contributed by atoms with Crippen molar-refractivity contribution in [3.8, 4) is 0 Å². The van der Waals surface area contributed by atoms with E-state index in [2.05, 4.69) is 23.8 Å². The second kappa shape index (κ2) is 7.51. The summed E-state index contributed by atoms with van der Waals surface area (Å²) >= 11 is 0. The highest BCUT2D eigenvalue weighted by Gasteiger charge is 2.51. The monoisotopic (exact) mass is 365 g/mol. The summed E-state index contributed by atoms with van der Waals surface area (Å²) in [5, 5.41) is 2.88. The van der Waals surface area contributed by atoms with Crippen LogP contribution in [0.15, 0.2) is 43.1 Å². The van der Waals surface area contributed by atoms with Gasteiger partial charge in [0.1, 0.15) is 5.82 Å². The summed E-state index contributed by atoms with van der Waals surface area (Å²) in [5.41, 5.74) is 1.41. The molecule has 1 unspecified atom stereocenters. The van der Waals surface area contributed by atoms with E-state index in [0.717, 1.165) is 30.4 Å². The number of carbonyl (C=O) groups excluding carboxylic acids is 2. The van der Waals surface area contributed by atoms with Gasteiger partial charge in [0.2, 0.25) is 11.8 Å². The standard InChI is InChI=1S/C22H27N3O2/c1-5-6-8-15(2)16(3)25(4)19(26)10-9-17-13-18-20(23-14-17)24-21(27)22(18)11-7-12-22/h5-6,8-10,13-16H,1,7,11-12H2,2-4H3,(H,23,24,27)/b8-6-,10-9+/t15?,16-/m0/s1. The fraction of sp³-hybridized carbons (Fsp3) is 0.409. The lowest BCUT2D eigenvalue weighted by molar-refractivity contribution is -0.127. The number of allylic oxidation sites excluding steroid dienone is 2. The van der Waals surface area contributed by atoms with Gasteiger partial charge in [0, 0.05) is 30.9 Å². The number of nitrogens with zero attached hydrogens (tertiary/aromatic N) is 2. The van der Waals surface area contributed by atoms with E-state index in [1.165, 1.54) is 0 Å². The Morgan fingerprint density at radius 1 is 1.41 bits per heavy atom. The highest BCUT2D eigenvalue weighted by Crippen LogP contribution is 2.50. The van der Waals surface area contributed by atoms with Gasteiger partial charge >= 0.3 is 0 Å². The molecular formula is C22H27N3O2. The third-order valence-electron chi connectivity index (χ3n) is 5.99. The molecule has 0 saturated heterocycles. The van der Waals surface area contributed by atoms with E-state index in [0.29, 0.717) is 5.82 Å². The molecule has 142 valence electrons. The Bertz CT molecular complexity index is 821. The zero-order chi connectivity index (χ0) is 19.6. The molecule has 5 nitrogen and oxygen atoms in total. The summed E-state index contributed by atoms with van der Waals surface area (Å²) in [5.74, 6) is 0.886. The van der Waals surface area contributed by atoms with Crippen molar-refractivity contribution < 1.29 is 9.59 Å². The van der Waals surface area contributed by atoms with E-state index < -0.39 is 5.41 Å². The molecule has 0 radical (unpaired) electrons. The average molecular weight is 365 g/mol. The molecule has 1 aromatic heterocycles. The van der Waals surface area contributed by atoms with Crippen LogP contribution in [0.3, 0.4) is 0 Å². The molecule has 2 atom stereocenters. The molecule has 1 aliphatic carbocycles. The molecule has 1 spiro atoms. The quantitative estimate of drug-likeness (QED) is 0.618. The maximum atomic E-state index is 12.5. The van der Waals surface area contributed by atoms with Crippen molar-refractivity contribution in [2.45, 2.75) is 44.6 Å². The predicted molar refractivity (Wildman–Crippen MR) is 108 cm³/mol. The van der Waals surface area contributed by atoms with Gasteiger partial charge < -0.3 is 10.2 Å². The van der Waals surface area contributed by atoms with Gasteiger partial charge in [-0.3, -0.25) is 9.59 Å². The Morgan fingerprint density at radius 2 is 2.15 bits per heavy atom. The third-order valence-corrected chi connectivity index (χ3v) is 5.99. The van der Waals surface area contributed by atoms with Gasteiger partial charge in [0.15, 0.2) is 0 Å². The first-order valence-corrected chi connectivity index (χ1v) is 9.45. The van der Waals surface area contributed by atoms with Gasteiger partial charge in [-0.25, -0.2) is 4.98 Å². The molecular weight excluding hydrogens is 338 g/mol. The molecule has 1 N–H and O–H groups in total. The molecule has 2 amide bonds. The van der Waals surface area contributed by atoms with Crippen LogP contribution < -0.4 is 5.32 Å². The topological polar surface area (TPSA) is 62.3 Å². The summed E-state index contributed by atoms with van der Waals surface area (Å²) in [6, 6.07) is 2.05. The number of hydrogen-bond acceptors (Lipinski definition) is 3. The highest BCUT2D eigenvalue weighted by molar-refractivity contribution is 6.06. The van der Waals surface area contributed by atoms with Gasteiger partial charge in [-0.2, -0.15) is 0 Å². The van der Waals surface area contributed by atoms with Crippen molar-refractivity contribution in [2.75, 3.05) is 12.4 Å². The number of fused-ring (bicyclic) bond motifs is 2. The van der Waals surface area contributed by atoms with Gasteiger partial charge in [-0.05, 0) is 43.4 Å². The van der Waals surface area contributed by atoms with Crippen LogP contribution in [-0.2, 0) is 15.0 Å². The number of hydrogen-bond donors (Lipinski definition) is 1. The molecule has 0 bridgehead atoms. The van der Waals surface area contributed by atoms with Crippen molar-refractivity contribution in [1.29, 1.82) is 0 Å². The fourth-order valence-corrected chi connectivity index (χ4v) is 3.67. The van der Waals surface area contributed by atoms with Gasteiger partial charge in [-0.15, -0.1) is 0 Å². The second-order valence-corrected chi connectivity index (χ2v) is 7.56. The Morgan fingerprint density at radius 3 is 2.78 bits per heavy atom. The first-order chi connectivity index (χ1) is 12.9. The van der Waals surface area contributed by atoms with Crippen LogP contribution >= 0.6 is 0 Å². The molecule has 3 rings (SSSR count). The maximum Gasteiger partial charge on any atom is 0.246 e. The number of nitrogens with one attached hydrogen (secondary N) is 1. The van der Waals surface area contributed by atoms with Gasteiger partial charge in [0.05, 0.1) is 5.41 Å².